The van der Waals surface area contributed by atoms with Crippen molar-refractivity contribution in [3.05, 3.63) is 23.8 Å². The predicted octanol–water partition coefficient (Wildman–Crippen LogP) is 2.25. The van der Waals surface area contributed by atoms with Gasteiger partial charge in [0, 0.05) is 23.7 Å². The van der Waals surface area contributed by atoms with Crippen LogP contribution in [0.2, 0.25) is 0 Å². The number of carbonyl (C=O) groups is 1. The molecule has 0 saturated carbocycles. The van der Waals surface area contributed by atoms with Crippen LogP contribution in [0.4, 0.5) is 0 Å². The van der Waals surface area contributed by atoms with Crippen LogP contribution in [0, 0.1) is 5.92 Å². The maximum absolute atomic E-state index is 11.9. The monoisotopic (exact) mass is 294 g/mol. The van der Waals surface area contributed by atoms with Crippen molar-refractivity contribution in [2.75, 3.05) is 13.7 Å². The molecule has 1 rings (SSSR count). The Morgan fingerprint density at radius 1 is 1.29 bits per heavy atom. The number of ether oxygens (including phenoxy) is 2. The van der Waals surface area contributed by atoms with Gasteiger partial charge in [-0.25, -0.2) is 0 Å². The van der Waals surface area contributed by atoms with Crippen LogP contribution in [0.5, 0.6) is 11.5 Å². The third-order valence-electron chi connectivity index (χ3n) is 3.46. The van der Waals surface area contributed by atoms with Crippen LogP contribution in [0.3, 0.4) is 0 Å². The molecule has 5 heteroatoms. The van der Waals surface area contributed by atoms with Gasteiger partial charge in [-0.3, -0.25) is 4.79 Å². The molecule has 0 aromatic heterocycles. The normalized spacial score (nSPS) is 13.7. The molecule has 21 heavy (non-hydrogen) atoms. The molecule has 0 aliphatic heterocycles. The van der Waals surface area contributed by atoms with Gasteiger partial charge >= 0.3 is 0 Å². The third-order valence-corrected chi connectivity index (χ3v) is 3.46. The van der Waals surface area contributed by atoms with Gasteiger partial charge in [-0.15, -0.1) is 0 Å². The Bertz CT molecular complexity index is 473. The number of hydrogen-bond acceptors (Lipinski definition) is 4. The summed E-state index contributed by atoms with van der Waals surface area (Å²) in [4.78, 5) is 11.9. The minimum Gasteiger partial charge on any atom is -0.497 e. The standard InChI is InChI=1S/C16H26N2O3/c1-10(2)12(4)18-16(19)9-21-15-8-13(20-5)6-7-14(15)11(3)17/h6-8,10-12H,9,17H2,1-5H3,(H,18,19). The van der Waals surface area contributed by atoms with Crippen LogP contribution >= 0.6 is 0 Å². The Hall–Kier alpha value is -1.75. The van der Waals surface area contributed by atoms with Crippen molar-refractivity contribution < 1.29 is 14.3 Å². The first-order valence-corrected chi connectivity index (χ1v) is 7.20. The van der Waals surface area contributed by atoms with Gasteiger partial charge in [-0.2, -0.15) is 0 Å². The van der Waals surface area contributed by atoms with E-state index in [4.69, 9.17) is 15.2 Å². The zero-order valence-corrected chi connectivity index (χ0v) is 13.5. The number of methoxy groups -OCH3 is 1. The molecular weight excluding hydrogens is 268 g/mol. The van der Waals surface area contributed by atoms with Gasteiger partial charge in [-0.05, 0) is 25.8 Å². The minimum atomic E-state index is -0.177. The van der Waals surface area contributed by atoms with E-state index >= 15 is 0 Å². The van der Waals surface area contributed by atoms with Gasteiger partial charge in [0.05, 0.1) is 7.11 Å². The summed E-state index contributed by atoms with van der Waals surface area (Å²) in [5.41, 5.74) is 6.76. The summed E-state index contributed by atoms with van der Waals surface area (Å²) < 4.78 is 10.8. The lowest BCUT2D eigenvalue weighted by atomic mass is 10.1. The van der Waals surface area contributed by atoms with Crippen molar-refractivity contribution in [2.45, 2.75) is 39.8 Å². The molecule has 2 unspecified atom stereocenters. The molecule has 0 radical (unpaired) electrons. The molecule has 0 fully saturated rings. The fourth-order valence-corrected chi connectivity index (χ4v) is 1.75. The fraction of sp³-hybridized carbons (Fsp3) is 0.562. The number of rotatable bonds is 7. The Morgan fingerprint density at radius 3 is 2.48 bits per heavy atom. The molecule has 0 saturated heterocycles. The van der Waals surface area contributed by atoms with Crippen LogP contribution < -0.4 is 20.5 Å². The second-order valence-electron chi connectivity index (χ2n) is 5.58. The lowest BCUT2D eigenvalue weighted by Gasteiger charge is -2.19. The Labute approximate surface area is 126 Å². The van der Waals surface area contributed by atoms with E-state index in [0.717, 1.165) is 5.56 Å². The topological polar surface area (TPSA) is 73.6 Å². The van der Waals surface area contributed by atoms with E-state index in [1.807, 2.05) is 26.0 Å². The van der Waals surface area contributed by atoms with Crippen molar-refractivity contribution >= 4 is 5.91 Å². The lowest BCUT2D eigenvalue weighted by molar-refractivity contribution is -0.124. The van der Waals surface area contributed by atoms with E-state index in [0.29, 0.717) is 17.4 Å². The Balaban J connectivity index is 2.71. The third kappa shape index (κ3) is 5.27. The molecule has 5 nitrogen and oxygen atoms in total. The van der Waals surface area contributed by atoms with E-state index < -0.39 is 0 Å². The molecule has 0 heterocycles. The number of nitrogens with two attached hydrogens (primary N) is 1. The molecule has 0 bridgehead atoms. The summed E-state index contributed by atoms with van der Waals surface area (Å²) in [5.74, 6) is 1.49. The summed E-state index contributed by atoms with van der Waals surface area (Å²) in [6.07, 6.45) is 0. The van der Waals surface area contributed by atoms with Crippen LogP contribution in [0.1, 0.15) is 39.3 Å². The van der Waals surface area contributed by atoms with Gasteiger partial charge in [-0.1, -0.05) is 19.9 Å². The zero-order valence-electron chi connectivity index (χ0n) is 13.5. The minimum absolute atomic E-state index is 0.0378. The SMILES string of the molecule is COc1ccc(C(C)N)c(OCC(=O)NC(C)C(C)C)c1. The second-order valence-corrected chi connectivity index (χ2v) is 5.58. The van der Waals surface area contributed by atoms with Gasteiger partial charge < -0.3 is 20.5 Å². The average molecular weight is 294 g/mol. The first kappa shape index (κ1) is 17.3. The van der Waals surface area contributed by atoms with Gasteiger partial charge in [0.1, 0.15) is 11.5 Å². The molecule has 118 valence electrons. The maximum atomic E-state index is 11.9. The van der Waals surface area contributed by atoms with Gasteiger partial charge in [0.15, 0.2) is 6.61 Å². The Morgan fingerprint density at radius 2 is 1.95 bits per heavy atom. The van der Waals surface area contributed by atoms with Crippen LogP contribution in [-0.4, -0.2) is 25.7 Å². The number of benzene rings is 1. The molecule has 1 aromatic carbocycles. The van der Waals surface area contributed by atoms with Crippen molar-refractivity contribution in [3.63, 3.8) is 0 Å². The van der Waals surface area contributed by atoms with Crippen molar-refractivity contribution in [3.8, 4) is 11.5 Å². The Kier molecular flexibility index (Phi) is 6.49. The van der Waals surface area contributed by atoms with Crippen molar-refractivity contribution in [1.29, 1.82) is 0 Å². The highest BCUT2D eigenvalue weighted by atomic mass is 16.5. The first-order chi connectivity index (χ1) is 9.85. The van der Waals surface area contributed by atoms with Gasteiger partial charge in [0.25, 0.3) is 5.91 Å². The smallest absolute Gasteiger partial charge is 0.258 e. The number of carbonyl (C=O) groups excluding carboxylic acids is 1. The summed E-state index contributed by atoms with van der Waals surface area (Å²) in [7, 11) is 1.59. The van der Waals surface area contributed by atoms with E-state index in [2.05, 4.69) is 19.2 Å². The fourth-order valence-electron chi connectivity index (χ4n) is 1.75. The molecule has 2 atom stereocenters. The van der Waals surface area contributed by atoms with Crippen LogP contribution in [0.15, 0.2) is 18.2 Å². The highest BCUT2D eigenvalue weighted by molar-refractivity contribution is 5.77. The quantitative estimate of drug-likeness (QED) is 0.809. The molecular formula is C16H26N2O3. The lowest BCUT2D eigenvalue weighted by Crippen LogP contribution is -2.39. The number of hydrogen-bond donors (Lipinski definition) is 2. The number of nitrogens with one attached hydrogen (secondary N) is 1. The largest absolute Gasteiger partial charge is 0.497 e. The summed E-state index contributed by atoms with van der Waals surface area (Å²) in [5, 5.41) is 2.90. The van der Waals surface area contributed by atoms with Crippen LogP contribution in [-0.2, 0) is 4.79 Å². The predicted molar refractivity (Wildman–Crippen MR) is 83.5 cm³/mol. The van der Waals surface area contributed by atoms with Crippen LogP contribution in [0.25, 0.3) is 0 Å². The van der Waals surface area contributed by atoms with Crippen molar-refractivity contribution in [2.24, 2.45) is 11.7 Å². The van der Waals surface area contributed by atoms with Crippen molar-refractivity contribution in [1.82, 2.24) is 5.32 Å². The summed E-state index contributed by atoms with van der Waals surface area (Å²) in [6, 6.07) is 5.36. The molecule has 1 aromatic rings. The molecule has 0 aliphatic carbocycles. The molecule has 3 N–H and O–H groups in total. The maximum Gasteiger partial charge on any atom is 0.258 e. The zero-order chi connectivity index (χ0) is 16.0. The molecule has 0 aliphatic rings. The molecule has 0 spiro atoms. The highest BCUT2D eigenvalue weighted by Crippen LogP contribution is 2.28. The first-order valence-electron chi connectivity index (χ1n) is 7.20. The average Bonchev–Trinajstić information content (AvgIpc) is 2.44. The van der Waals surface area contributed by atoms with E-state index in [-0.39, 0.29) is 24.6 Å². The second kappa shape index (κ2) is 7.88. The summed E-state index contributed by atoms with van der Waals surface area (Å²) >= 11 is 0. The highest BCUT2D eigenvalue weighted by Gasteiger charge is 2.14. The van der Waals surface area contributed by atoms with E-state index in [1.54, 1.807) is 13.2 Å². The van der Waals surface area contributed by atoms with Gasteiger partial charge in [0.2, 0.25) is 0 Å². The van der Waals surface area contributed by atoms with E-state index in [9.17, 15) is 4.79 Å². The summed E-state index contributed by atoms with van der Waals surface area (Å²) in [6.45, 7) is 7.92. The molecule has 1 amide bonds. The number of amides is 1. The van der Waals surface area contributed by atoms with E-state index in [1.165, 1.54) is 0 Å².